The molecule has 2 N–H and O–H groups in total. The van der Waals surface area contributed by atoms with Crippen molar-refractivity contribution in [2.75, 3.05) is 6.61 Å². The molecule has 0 saturated carbocycles. The van der Waals surface area contributed by atoms with Gasteiger partial charge < -0.3 is 10.4 Å². The Morgan fingerprint density at radius 1 is 0.404 bits per heavy atom. The molecule has 1 amide bonds. The quantitative estimate of drug-likeness (QED) is 0.0641. The Balaban J connectivity index is 3.43. The monoisotopic (exact) mass is 664 g/mol. The number of nitrogens with one attached hydrogen (secondary N) is 1. The van der Waals surface area contributed by atoms with Crippen molar-refractivity contribution < 1.29 is 14.7 Å². The van der Waals surface area contributed by atoms with Crippen LogP contribution in [0.5, 0.6) is 0 Å². The number of hydrogen-bond acceptors (Lipinski definition) is 3. The van der Waals surface area contributed by atoms with Gasteiger partial charge in [-0.2, -0.15) is 0 Å². The van der Waals surface area contributed by atoms with Gasteiger partial charge in [-0.3, -0.25) is 9.59 Å². The number of aliphatic hydroxyl groups is 1. The number of ketones is 1. The molecule has 0 bridgehead atoms. The maximum Gasteiger partial charge on any atom is 0.220 e. The fourth-order valence-electron chi connectivity index (χ4n) is 6.87. The predicted octanol–water partition coefficient (Wildman–Crippen LogP) is 13.5. The van der Waals surface area contributed by atoms with Crippen molar-refractivity contribution in [3.63, 3.8) is 0 Å². The minimum atomic E-state index is -0.0777. The lowest BCUT2D eigenvalue weighted by Gasteiger charge is -2.16. The van der Waals surface area contributed by atoms with E-state index in [2.05, 4.69) is 19.2 Å². The van der Waals surface area contributed by atoms with Crippen LogP contribution in [-0.4, -0.2) is 29.4 Å². The van der Waals surface area contributed by atoms with Gasteiger partial charge in [0.2, 0.25) is 5.91 Å². The number of aliphatic hydroxyl groups excluding tert-OH is 1. The average molecular weight is 664 g/mol. The van der Waals surface area contributed by atoms with Gasteiger partial charge in [0, 0.05) is 19.3 Å². The second-order valence-electron chi connectivity index (χ2n) is 15.0. The molecule has 0 aliphatic heterocycles. The van der Waals surface area contributed by atoms with E-state index in [1.807, 2.05) is 0 Å². The molecule has 0 aliphatic carbocycles. The third-order valence-electron chi connectivity index (χ3n) is 10.2. The first-order valence-electron chi connectivity index (χ1n) is 21.6. The summed E-state index contributed by atoms with van der Waals surface area (Å²) >= 11 is 0. The Kier molecular flexibility index (Phi) is 38.8. The van der Waals surface area contributed by atoms with Crippen LogP contribution in [0.15, 0.2) is 0 Å². The molecule has 0 spiro atoms. The first kappa shape index (κ1) is 46.1. The summed E-state index contributed by atoms with van der Waals surface area (Å²) in [4.78, 5) is 24.5. The maximum absolute atomic E-state index is 12.4. The molecule has 0 aromatic carbocycles. The average Bonchev–Trinajstić information content (AvgIpc) is 3.07. The second kappa shape index (κ2) is 39.5. The van der Waals surface area contributed by atoms with E-state index in [0.717, 1.165) is 51.4 Å². The molecule has 0 unspecified atom stereocenters. The minimum absolute atomic E-state index is 0.0509. The SMILES string of the molecule is CCCCCCCCCCCCCCCCCC[C@@H](CO)NC(=O)CCCCCCCCCCC(=O)CCCCCCCCCCC. The number of carbonyl (C=O) groups is 2. The van der Waals surface area contributed by atoms with Crippen LogP contribution >= 0.6 is 0 Å². The first-order chi connectivity index (χ1) is 23.1. The topological polar surface area (TPSA) is 66.4 Å². The van der Waals surface area contributed by atoms with Crippen LogP contribution < -0.4 is 5.32 Å². The summed E-state index contributed by atoms with van der Waals surface area (Å²) in [5.74, 6) is 0.576. The van der Waals surface area contributed by atoms with Crippen molar-refractivity contribution in [1.29, 1.82) is 0 Å². The summed E-state index contributed by atoms with van der Waals surface area (Å²) in [6, 6.07) is -0.0777. The van der Waals surface area contributed by atoms with Crippen LogP contribution in [-0.2, 0) is 9.59 Å². The highest BCUT2D eigenvalue weighted by Gasteiger charge is 2.11. The number of amides is 1. The molecule has 0 aromatic rings. The van der Waals surface area contributed by atoms with Gasteiger partial charge in [-0.25, -0.2) is 0 Å². The van der Waals surface area contributed by atoms with Crippen molar-refractivity contribution in [3.8, 4) is 0 Å². The zero-order valence-electron chi connectivity index (χ0n) is 32.2. The summed E-state index contributed by atoms with van der Waals surface area (Å²) in [7, 11) is 0. The minimum Gasteiger partial charge on any atom is -0.394 e. The van der Waals surface area contributed by atoms with Gasteiger partial charge in [-0.1, -0.05) is 206 Å². The highest BCUT2D eigenvalue weighted by atomic mass is 16.3. The van der Waals surface area contributed by atoms with E-state index in [9.17, 15) is 14.7 Å². The van der Waals surface area contributed by atoms with Gasteiger partial charge in [-0.15, -0.1) is 0 Å². The number of hydrogen-bond donors (Lipinski definition) is 2. The van der Waals surface area contributed by atoms with Gasteiger partial charge in [-0.05, 0) is 25.7 Å². The molecule has 4 nitrogen and oxygen atoms in total. The van der Waals surface area contributed by atoms with Crippen molar-refractivity contribution >= 4 is 11.7 Å². The smallest absolute Gasteiger partial charge is 0.220 e. The number of unbranched alkanes of at least 4 members (excludes halogenated alkanes) is 30. The molecule has 0 saturated heterocycles. The summed E-state index contributed by atoms with van der Waals surface area (Å²) in [5, 5.41) is 12.8. The van der Waals surface area contributed by atoms with Crippen LogP contribution in [0, 0.1) is 0 Å². The van der Waals surface area contributed by atoms with E-state index in [4.69, 9.17) is 0 Å². The zero-order chi connectivity index (χ0) is 34.3. The van der Waals surface area contributed by atoms with Crippen LogP contribution in [0.25, 0.3) is 0 Å². The first-order valence-corrected chi connectivity index (χ1v) is 21.6. The molecule has 1 atom stereocenters. The Morgan fingerprint density at radius 2 is 0.681 bits per heavy atom. The van der Waals surface area contributed by atoms with Crippen molar-refractivity contribution in [3.05, 3.63) is 0 Å². The summed E-state index contributed by atoms with van der Waals surface area (Å²) < 4.78 is 0. The molecule has 0 radical (unpaired) electrons. The van der Waals surface area contributed by atoms with Crippen LogP contribution in [0.1, 0.15) is 251 Å². The van der Waals surface area contributed by atoms with Crippen molar-refractivity contribution in [2.24, 2.45) is 0 Å². The molecule has 280 valence electrons. The molecule has 0 fully saturated rings. The van der Waals surface area contributed by atoms with E-state index in [-0.39, 0.29) is 18.6 Å². The zero-order valence-corrected chi connectivity index (χ0v) is 32.2. The lowest BCUT2D eigenvalue weighted by atomic mass is 10.0. The fourth-order valence-corrected chi connectivity index (χ4v) is 6.87. The maximum atomic E-state index is 12.4. The fraction of sp³-hybridized carbons (Fsp3) is 0.953. The highest BCUT2D eigenvalue weighted by molar-refractivity contribution is 5.78. The van der Waals surface area contributed by atoms with Crippen LogP contribution in [0.2, 0.25) is 0 Å². The summed E-state index contributed by atoms with van der Waals surface area (Å²) in [5.41, 5.74) is 0. The number of Topliss-reactive ketones (excluding diaryl/α,β-unsaturated/α-hetero) is 1. The van der Waals surface area contributed by atoms with E-state index < -0.39 is 0 Å². The second-order valence-corrected chi connectivity index (χ2v) is 15.0. The number of rotatable bonds is 40. The van der Waals surface area contributed by atoms with Gasteiger partial charge in [0.25, 0.3) is 0 Å². The Labute approximate surface area is 295 Å². The van der Waals surface area contributed by atoms with Crippen molar-refractivity contribution in [2.45, 2.75) is 257 Å². The normalized spacial score (nSPS) is 12.1. The predicted molar refractivity (Wildman–Crippen MR) is 206 cm³/mol. The highest BCUT2D eigenvalue weighted by Crippen LogP contribution is 2.16. The van der Waals surface area contributed by atoms with Gasteiger partial charge in [0.05, 0.1) is 12.6 Å². The van der Waals surface area contributed by atoms with E-state index in [1.54, 1.807) is 0 Å². The molecular weight excluding hydrogens is 578 g/mol. The standard InChI is InChI=1S/C43H85NO3/c1-3-5-7-9-11-13-14-15-16-17-18-19-21-24-28-32-36-41(40-45)44-43(47)39-35-31-27-23-22-26-30-34-38-42(46)37-33-29-25-20-12-10-8-6-4-2/h41,45H,3-40H2,1-2H3,(H,44,47)/t41-/m0/s1. The van der Waals surface area contributed by atoms with E-state index in [1.165, 1.54) is 180 Å². The summed E-state index contributed by atoms with van der Waals surface area (Å²) in [6.07, 6.45) is 45.8. The van der Waals surface area contributed by atoms with Crippen LogP contribution in [0.3, 0.4) is 0 Å². The molecule has 47 heavy (non-hydrogen) atoms. The molecular formula is C43H85NO3. The van der Waals surface area contributed by atoms with Crippen molar-refractivity contribution in [1.82, 2.24) is 5.32 Å². The summed E-state index contributed by atoms with van der Waals surface area (Å²) in [6.45, 7) is 4.60. The lowest BCUT2D eigenvalue weighted by molar-refractivity contribution is -0.122. The van der Waals surface area contributed by atoms with E-state index >= 15 is 0 Å². The lowest BCUT2D eigenvalue weighted by Crippen LogP contribution is -2.37. The Hall–Kier alpha value is -0.900. The Bertz CT molecular complexity index is 637. The van der Waals surface area contributed by atoms with Crippen LogP contribution in [0.4, 0.5) is 0 Å². The van der Waals surface area contributed by atoms with Gasteiger partial charge in [0.1, 0.15) is 5.78 Å². The van der Waals surface area contributed by atoms with Gasteiger partial charge >= 0.3 is 0 Å². The third-order valence-corrected chi connectivity index (χ3v) is 10.2. The number of carbonyl (C=O) groups excluding carboxylic acids is 2. The molecule has 4 heteroatoms. The van der Waals surface area contributed by atoms with E-state index in [0.29, 0.717) is 12.2 Å². The third kappa shape index (κ3) is 37.8. The Morgan fingerprint density at radius 3 is 1.00 bits per heavy atom. The molecule has 0 aromatic heterocycles. The molecule has 0 heterocycles. The largest absolute Gasteiger partial charge is 0.394 e. The molecule has 0 aliphatic rings. The molecule has 0 rings (SSSR count). The van der Waals surface area contributed by atoms with Gasteiger partial charge in [0.15, 0.2) is 0 Å².